The van der Waals surface area contributed by atoms with Gasteiger partial charge in [0.25, 0.3) is 0 Å². The maximum atomic E-state index is 11.9. The lowest BCUT2D eigenvalue weighted by molar-refractivity contribution is -0.0974. The van der Waals surface area contributed by atoms with E-state index in [-0.39, 0.29) is 11.4 Å². The fraction of sp³-hybridized carbons (Fsp3) is 0.533. The summed E-state index contributed by atoms with van der Waals surface area (Å²) >= 11 is 0. The molecular weight excluding hydrogens is 240 g/mol. The summed E-state index contributed by atoms with van der Waals surface area (Å²) in [7, 11) is 0. The molecule has 1 aliphatic rings. The molecule has 1 saturated heterocycles. The van der Waals surface area contributed by atoms with Crippen molar-refractivity contribution in [1.82, 2.24) is 5.32 Å². The quantitative estimate of drug-likeness (QED) is 0.857. The number of urea groups is 1. The van der Waals surface area contributed by atoms with Crippen LogP contribution in [0.5, 0.6) is 0 Å². The van der Waals surface area contributed by atoms with E-state index in [0.717, 1.165) is 31.7 Å². The van der Waals surface area contributed by atoms with Gasteiger partial charge in [-0.05, 0) is 18.1 Å². The molecular formula is C15H22N2O2. The van der Waals surface area contributed by atoms with Gasteiger partial charge in [-0.1, -0.05) is 38.5 Å². The molecule has 104 valence electrons. The lowest BCUT2D eigenvalue weighted by Gasteiger charge is -2.37. The summed E-state index contributed by atoms with van der Waals surface area (Å²) in [6.07, 6.45) is 2.04. The Kier molecular flexibility index (Phi) is 4.43. The van der Waals surface area contributed by atoms with Crippen molar-refractivity contribution >= 4 is 11.7 Å². The van der Waals surface area contributed by atoms with Crippen LogP contribution >= 0.6 is 0 Å². The molecule has 0 unspecified atom stereocenters. The number of aryl methyl sites for hydroxylation is 1. The maximum Gasteiger partial charge on any atom is 0.319 e. The number of ether oxygens (including phenoxy) is 1. The predicted octanol–water partition coefficient (Wildman–Crippen LogP) is 2.80. The molecule has 2 N–H and O–H groups in total. The number of hydrogen-bond acceptors (Lipinski definition) is 2. The summed E-state index contributed by atoms with van der Waals surface area (Å²) < 4.78 is 5.17. The Morgan fingerprint density at radius 3 is 2.74 bits per heavy atom. The predicted molar refractivity (Wildman–Crippen MR) is 76.4 cm³/mol. The molecule has 0 atom stereocenters. The minimum absolute atomic E-state index is 0.0975. The molecule has 1 aromatic rings. The van der Waals surface area contributed by atoms with E-state index in [9.17, 15) is 4.79 Å². The Balaban J connectivity index is 1.87. The van der Waals surface area contributed by atoms with E-state index >= 15 is 0 Å². The SMILES string of the molecule is CCCc1ccccc1NC(=O)NCC1(C)COC1. The van der Waals surface area contributed by atoms with E-state index in [4.69, 9.17) is 4.74 Å². The van der Waals surface area contributed by atoms with Gasteiger partial charge >= 0.3 is 6.03 Å². The summed E-state index contributed by atoms with van der Waals surface area (Å²) in [5, 5.41) is 5.84. The lowest BCUT2D eigenvalue weighted by Crippen LogP contribution is -2.49. The zero-order valence-electron chi connectivity index (χ0n) is 11.7. The van der Waals surface area contributed by atoms with Gasteiger partial charge in [0.1, 0.15) is 0 Å². The van der Waals surface area contributed by atoms with E-state index in [1.807, 2.05) is 18.2 Å². The summed E-state index contributed by atoms with van der Waals surface area (Å²) in [5.41, 5.74) is 2.18. The first-order valence-electron chi connectivity index (χ1n) is 6.83. The van der Waals surface area contributed by atoms with Crippen LogP contribution in [0, 0.1) is 5.41 Å². The maximum absolute atomic E-state index is 11.9. The zero-order valence-corrected chi connectivity index (χ0v) is 11.7. The van der Waals surface area contributed by atoms with Gasteiger partial charge in [-0.2, -0.15) is 0 Å². The van der Waals surface area contributed by atoms with Gasteiger partial charge in [-0.3, -0.25) is 0 Å². The number of nitrogens with one attached hydrogen (secondary N) is 2. The first-order valence-corrected chi connectivity index (χ1v) is 6.83. The Labute approximate surface area is 114 Å². The van der Waals surface area contributed by atoms with Gasteiger partial charge in [-0.25, -0.2) is 4.79 Å². The van der Waals surface area contributed by atoms with Gasteiger partial charge in [-0.15, -0.1) is 0 Å². The third kappa shape index (κ3) is 3.70. The number of anilines is 1. The lowest BCUT2D eigenvalue weighted by atomic mass is 9.89. The average Bonchev–Trinajstić information content (AvgIpc) is 2.37. The van der Waals surface area contributed by atoms with Crippen LogP contribution < -0.4 is 10.6 Å². The fourth-order valence-corrected chi connectivity index (χ4v) is 2.14. The molecule has 0 aliphatic carbocycles. The average molecular weight is 262 g/mol. The van der Waals surface area contributed by atoms with Crippen molar-refractivity contribution in [2.75, 3.05) is 25.1 Å². The van der Waals surface area contributed by atoms with Gasteiger partial charge < -0.3 is 15.4 Å². The number of carbonyl (C=O) groups is 1. The molecule has 1 fully saturated rings. The number of hydrogen-bond donors (Lipinski definition) is 2. The van der Waals surface area contributed by atoms with E-state index in [0.29, 0.717) is 6.54 Å². The van der Waals surface area contributed by atoms with Crippen LogP contribution in [0.4, 0.5) is 10.5 Å². The highest BCUT2D eigenvalue weighted by Crippen LogP contribution is 2.25. The Hall–Kier alpha value is -1.55. The number of rotatable bonds is 5. The molecule has 1 aliphatic heterocycles. The van der Waals surface area contributed by atoms with E-state index < -0.39 is 0 Å². The van der Waals surface area contributed by atoms with Crippen molar-refractivity contribution in [2.45, 2.75) is 26.7 Å². The summed E-state index contributed by atoms with van der Waals surface area (Å²) in [6, 6.07) is 7.80. The highest BCUT2D eigenvalue weighted by Gasteiger charge is 2.33. The van der Waals surface area contributed by atoms with Gasteiger partial charge in [0, 0.05) is 17.6 Å². The van der Waals surface area contributed by atoms with Crippen molar-refractivity contribution in [3.63, 3.8) is 0 Å². The topological polar surface area (TPSA) is 50.4 Å². The molecule has 0 spiro atoms. The Morgan fingerprint density at radius 2 is 2.11 bits per heavy atom. The largest absolute Gasteiger partial charge is 0.380 e. The monoisotopic (exact) mass is 262 g/mol. The van der Waals surface area contributed by atoms with Crippen LogP contribution in [0.15, 0.2) is 24.3 Å². The van der Waals surface area contributed by atoms with Crippen molar-refractivity contribution in [3.8, 4) is 0 Å². The third-order valence-corrected chi connectivity index (χ3v) is 3.36. The van der Waals surface area contributed by atoms with Crippen LogP contribution in [0.3, 0.4) is 0 Å². The minimum Gasteiger partial charge on any atom is -0.380 e. The first kappa shape index (κ1) is 13.9. The van der Waals surface area contributed by atoms with E-state index in [1.165, 1.54) is 5.56 Å². The van der Waals surface area contributed by atoms with Crippen LogP contribution in [-0.4, -0.2) is 25.8 Å². The number of para-hydroxylation sites is 1. The van der Waals surface area contributed by atoms with E-state index in [1.54, 1.807) is 0 Å². The minimum atomic E-state index is -0.142. The van der Waals surface area contributed by atoms with Crippen molar-refractivity contribution in [2.24, 2.45) is 5.41 Å². The highest BCUT2D eigenvalue weighted by atomic mass is 16.5. The molecule has 1 heterocycles. The standard InChI is InChI=1S/C15H22N2O2/c1-3-6-12-7-4-5-8-13(12)17-14(18)16-9-15(2)10-19-11-15/h4-5,7-8H,3,6,9-11H2,1-2H3,(H2,16,17,18). The number of carbonyl (C=O) groups excluding carboxylic acids is 1. The molecule has 4 nitrogen and oxygen atoms in total. The van der Waals surface area contributed by atoms with Crippen LogP contribution in [0.1, 0.15) is 25.8 Å². The van der Waals surface area contributed by atoms with Crippen LogP contribution in [0.25, 0.3) is 0 Å². The molecule has 2 rings (SSSR count). The number of amides is 2. The van der Waals surface area contributed by atoms with Crippen molar-refractivity contribution in [1.29, 1.82) is 0 Å². The van der Waals surface area contributed by atoms with Crippen molar-refractivity contribution < 1.29 is 9.53 Å². The molecule has 1 aromatic carbocycles. The summed E-state index contributed by atoms with van der Waals surface area (Å²) in [5.74, 6) is 0. The molecule has 0 radical (unpaired) electrons. The second-order valence-corrected chi connectivity index (χ2v) is 5.52. The molecule has 2 amide bonds. The van der Waals surface area contributed by atoms with Crippen molar-refractivity contribution in [3.05, 3.63) is 29.8 Å². The molecule has 19 heavy (non-hydrogen) atoms. The molecule has 0 bridgehead atoms. The normalized spacial score (nSPS) is 16.5. The van der Waals surface area contributed by atoms with E-state index in [2.05, 4.69) is 30.5 Å². The Bertz CT molecular complexity index is 442. The van der Waals surface area contributed by atoms with Crippen LogP contribution in [-0.2, 0) is 11.2 Å². The summed E-state index contributed by atoms with van der Waals surface area (Å²) in [6.45, 7) is 6.34. The van der Waals surface area contributed by atoms with Crippen LogP contribution in [0.2, 0.25) is 0 Å². The second kappa shape index (κ2) is 6.06. The number of benzene rings is 1. The molecule has 4 heteroatoms. The first-order chi connectivity index (χ1) is 9.13. The molecule has 0 aromatic heterocycles. The fourth-order valence-electron chi connectivity index (χ4n) is 2.14. The second-order valence-electron chi connectivity index (χ2n) is 5.52. The smallest absolute Gasteiger partial charge is 0.319 e. The van der Waals surface area contributed by atoms with Gasteiger partial charge in [0.05, 0.1) is 13.2 Å². The third-order valence-electron chi connectivity index (χ3n) is 3.36. The zero-order chi connectivity index (χ0) is 13.7. The van der Waals surface area contributed by atoms with Gasteiger partial charge in [0.2, 0.25) is 0 Å². The Morgan fingerprint density at radius 1 is 1.37 bits per heavy atom. The molecule has 0 saturated carbocycles. The highest BCUT2D eigenvalue weighted by molar-refractivity contribution is 5.90. The summed E-state index contributed by atoms with van der Waals surface area (Å²) in [4.78, 5) is 11.9. The van der Waals surface area contributed by atoms with Gasteiger partial charge in [0.15, 0.2) is 0 Å².